The Morgan fingerprint density at radius 1 is 1.40 bits per heavy atom. The maximum absolute atomic E-state index is 11.9. The minimum Gasteiger partial charge on any atom is -0.398 e. The van der Waals surface area contributed by atoms with Gasteiger partial charge in [-0.05, 0) is 18.1 Å². The van der Waals surface area contributed by atoms with Crippen molar-refractivity contribution in [3.63, 3.8) is 0 Å². The van der Waals surface area contributed by atoms with Gasteiger partial charge in [-0.1, -0.05) is 31.5 Å². The summed E-state index contributed by atoms with van der Waals surface area (Å²) in [5.41, 5.74) is 5.83. The first kappa shape index (κ1) is 12.3. The molecule has 0 amide bonds. The largest absolute Gasteiger partial charge is 0.398 e. The van der Waals surface area contributed by atoms with Crippen LogP contribution >= 0.6 is 11.6 Å². The molecule has 0 saturated carbocycles. The van der Waals surface area contributed by atoms with E-state index in [0.29, 0.717) is 0 Å². The number of nitrogens with two attached hydrogens (primary N) is 1. The van der Waals surface area contributed by atoms with Crippen LogP contribution in [0.3, 0.4) is 0 Å². The predicted molar refractivity (Wildman–Crippen MR) is 62.8 cm³/mol. The lowest BCUT2D eigenvalue weighted by molar-refractivity contribution is 0.583. The van der Waals surface area contributed by atoms with Crippen LogP contribution in [0.4, 0.5) is 5.69 Å². The lowest BCUT2D eigenvalue weighted by Gasteiger charge is -2.10. The zero-order chi connectivity index (χ0) is 11.6. The summed E-state index contributed by atoms with van der Waals surface area (Å²) in [4.78, 5) is 0.0559. The van der Waals surface area contributed by atoms with E-state index in [0.717, 1.165) is 0 Å². The molecule has 5 heteroatoms. The highest BCUT2D eigenvalue weighted by atomic mass is 35.5. The summed E-state index contributed by atoms with van der Waals surface area (Å²) in [6, 6.07) is 4.70. The molecule has 15 heavy (non-hydrogen) atoms. The van der Waals surface area contributed by atoms with E-state index in [1.165, 1.54) is 6.07 Å². The Balaban J connectivity index is 3.27. The highest BCUT2D eigenvalue weighted by molar-refractivity contribution is 7.91. The molecule has 0 atom stereocenters. The third-order valence-electron chi connectivity index (χ3n) is 1.86. The molecular weight excluding hydrogens is 234 g/mol. The van der Waals surface area contributed by atoms with Crippen LogP contribution in [0.1, 0.15) is 13.8 Å². The minimum absolute atomic E-state index is 0.0469. The summed E-state index contributed by atoms with van der Waals surface area (Å²) in [6.45, 7) is 3.68. The van der Waals surface area contributed by atoms with E-state index in [1.807, 2.05) is 13.8 Å². The Kier molecular flexibility index (Phi) is 3.62. The molecule has 1 aromatic rings. The third kappa shape index (κ3) is 2.86. The summed E-state index contributed by atoms with van der Waals surface area (Å²) >= 11 is 5.84. The number of rotatable bonds is 3. The molecule has 1 rings (SSSR count). The highest BCUT2D eigenvalue weighted by Gasteiger charge is 2.22. The van der Waals surface area contributed by atoms with Gasteiger partial charge in [-0.25, -0.2) is 8.42 Å². The number of sulfone groups is 1. The van der Waals surface area contributed by atoms with Gasteiger partial charge >= 0.3 is 0 Å². The lowest BCUT2D eigenvalue weighted by atomic mass is 10.3. The number of hydrogen-bond acceptors (Lipinski definition) is 3. The highest BCUT2D eigenvalue weighted by Crippen LogP contribution is 2.28. The molecule has 0 fully saturated rings. The van der Waals surface area contributed by atoms with Crippen LogP contribution in [0.25, 0.3) is 0 Å². The Labute approximate surface area is 95.2 Å². The lowest BCUT2D eigenvalue weighted by Crippen LogP contribution is -2.14. The number of halogens is 1. The molecule has 3 nitrogen and oxygen atoms in total. The molecule has 0 saturated heterocycles. The SMILES string of the molecule is CC(C)CS(=O)(=O)c1c(N)cccc1Cl. The van der Waals surface area contributed by atoms with Crippen molar-refractivity contribution in [3.05, 3.63) is 23.2 Å². The molecule has 0 heterocycles. The maximum Gasteiger partial charge on any atom is 0.182 e. The van der Waals surface area contributed by atoms with Crippen molar-refractivity contribution in [2.24, 2.45) is 5.92 Å². The van der Waals surface area contributed by atoms with Crippen molar-refractivity contribution >= 4 is 27.1 Å². The summed E-state index contributed by atoms with van der Waals surface area (Å²) < 4.78 is 23.8. The van der Waals surface area contributed by atoms with E-state index < -0.39 is 9.84 Å². The van der Waals surface area contributed by atoms with E-state index in [4.69, 9.17) is 17.3 Å². The fourth-order valence-corrected chi connectivity index (χ4v) is 3.75. The summed E-state index contributed by atoms with van der Waals surface area (Å²) in [5.74, 6) is 0.103. The van der Waals surface area contributed by atoms with Crippen LogP contribution < -0.4 is 5.73 Å². The Hall–Kier alpha value is -0.740. The first-order valence-electron chi connectivity index (χ1n) is 4.61. The fraction of sp³-hybridized carbons (Fsp3) is 0.400. The van der Waals surface area contributed by atoms with Crippen LogP contribution in [0.15, 0.2) is 23.1 Å². The fourth-order valence-electron chi connectivity index (χ4n) is 1.38. The molecule has 1 aromatic carbocycles. The standard InChI is InChI=1S/C10H14ClNO2S/c1-7(2)6-15(13,14)10-8(11)4-3-5-9(10)12/h3-5,7H,6,12H2,1-2H3. The van der Waals surface area contributed by atoms with Crippen molar-refractivity contribution in [2.75, 3.05) is 11.5 Å². The molecule has 0 radical (unpaired) electrons. The minimum atomic E-state index is -3.38. The van der Waals surface area contributed by atoms with E-state index >= 15 is 0 Å². The second-order valence-electron chi connectivity index (χ2n) is 3.83. The van der Waals surface area contributed by atoms with E-state index in [1.54, 1.807) is 12.1 Å². The quantitative estimate of drug-likeness (QED) is 0.834. The van der Waals surface area contributed by atoms with Crippen molar-refractivity contribution < 1.29 is 8.42 Å². The molecule has 0 aliphatic carbocycles. The average Bonchev–Trinajstić information content (AvgIpc) is 1.99. The smallest absolute Gasteiger partial charge is 0.182 e. The van der Waals surface area contributed by atoms with Gasteiger partial charge < -0.3 is 5.73 Å². The first-order chi connectivity index (χ1) is 6.84. The molecular formula is C10H14ClNO2S. The molecule has 0 bridgehead atoms. The number of anilines is 1. The topological polar surface area (TPSA) is 60.2 Å². The van der Waals surface area contributed by atoms with Crippen LogP contribution in [-0.2, 0) is 9.84 Å². The number of benzene rings is 1. The van der Waals surface area contributed by atoms with Gasteiger partial charge in [-0.15, -0.1) is 0 Å². The van der Waals surface area contributed by atoms with Crippen LogP contribution in [0.5, 0.6) is 0 Å². The van der Waals surface area contributed by atoms with Gasteiger partial charge in [-0.2, -0.15) is 0 Å². The maximum atomic E-state index is 11.9. The van der Waals surface area contributed by atoms with Gasteiger partial charge in [0.05, 0.1) is 16.5 Å². The summed E-state index contributed by atoms with van der Waals surface area (Å²) in [5, 5.41) is 0.190. The summed E-state index contributed by atoms with van der Waals surface area (Å²) in [7, 11) is -3.38. The molecule has 0 spiro atoms. The van der Waals surface area contributed by atoms with Gasteiger partial charge in [0.1, 0.15) is 4.90 Å². The van der Waals surface area contributed by atoms with Gasteiger partial charge in [0.25, 0.3) is 0 Å². The van der Waals surface area contributed by atoms with E-state index in [-0.39, 0.29) is 27.3 Å². The Morgan fingerprint density at radius 2 is 2.00 bits per heavy atom. The van der Waals surface area contributed by atoms with Crippen LogP contribution in [0.2, 0.25) is 5.02 Å². The molecule has 0 aromatic heterocycles. The van der Waals surface area contributed by atoms with Gasteiger partial charge in [0, 0.05) is 0 Å². The van der Waals surface area contributed by atoms with E-state index in [2.05, 4.69) is 0 Å². The number of nitrogen functional groups attached to an aromatic ring is 1. The van der Waals surface area contributed by atoms with Crippen molar-refractivity contribution in [1.82, 2.24) is 0 Å². The molecule has 84 valence electrons. The molecule has 2 N–H and O–H groups in total. The van der Waals surface area contributed by atoms with E-state index in [9.17, 15) is 8.42 Å². The Bertz CT molecular complexity index is 434. The summed E-state index contributed by atoms with van der Waals surface area (Å²) in [6.07, 6.45) is 0. The van der Waals surface area contributed by atoms with Crippen LogP contribution in [0, 0.1) is 5.92 Å². The van der Waals surface area contributed by atoms with Crippen molar-refractivity contribution in [3.8, 4) is 0 Å². The second kappa shape index (κ2) is 4.41. The van der Waals surface area contributed by atoms with Gasteiger partial charge in [0.2, 0.25) is 0 Å². The zero-order valence-corrected chi connectivity index (χ0v) is 10.3. The monoisotopic (exact) mass is 247 g/mol. The van der Waals surface area contributed by atoms with Gasteiger partial charge in [0.15, 0.2) is 9.84 Å². The molecule has 0 unspecified atom stereocenters. The second-order valence-corrected chi connectivity index (χ2v) is 6.21. The first-order valence-corrected chi connectivity index (χ1v) is 6.64. The van der Waals surface area contributed by atoms with Gasteiger partial charge in [-0.3, -0.25) is 0 Å². The molecule has 0 aliphatic rings. The Morgan fingerprint density at radius 3 is 2.47 bits per heavy atom. The normalized spacial score (nSPS) is 12.0. The van der Waals surface area contributed by atoms with Crippen molar-refractivity contribution in [2.45, 2.75) is 18.7 Å². The van der Waals surface area contributed by atoms with Crippen LogP contribution in [-0.4, -0.2) is 14.2 Å². The molecule has 0 aliphatic heterocycles. The average molecular weight is 248 g/mol. The zero-order valence-electron chi connectivity index (χ0n) is 8.70. The van der Waals surface area contributed by atoms with Crippen molar-refractivity contribution in [1.29, 1.82) is 0 Å². The third-order valence-corrected chi connectivity index (χ3v) is 4.47. The number of hydrogen-bond donors (Lipinski definition) is 1. The predicted octanol–water partition coefficient (Wildman–Crippen LogP) is 2.35.